The van der Waals surface area contributed by atoms with Crippen molar-refractivity contribution >= 4 is 11.6 Å². The number of pyridine rings is 1. The molecule has 1 aliphatic carbocycles. The zero-order valence-electron chi connectivity index (χ0n) is 8.55. The van der Waals surface area contributed by atoms with Gasteiger partial charge in [0.1, 0.15) is 5.15 Å². The van der Waals surface area contributed by atoms with Gasteiger partial charge >= 0.3 is 0 Å². The summed E-state index contributed by atoms with van der Waals surface area (Å²) in [7, 11) is 0. The highest BCUT2D eigenvalue weighted by Crippen LogP contribution is 2.41. The lowest BCUT2D eigenvalue weighted by atomic mass is 10.0. The number of aromatic nitrogens is 1. The predicted octanol–water partition coefficient (Wildman–Crippen LogP) is 2.76. The molecule has 0 aromatic carbocycles. The number of aryl methyl sites for hydroxylation is 2. The lowest BCUT2D eigenvalue weighted by Crippen LogP contribution is -2.14. The zero-order valence-corrected chi connectivity index (χ0v) is 9.30. The van der Waals surface area contributed by atoms with Crippen LogP contribution in [0.5, 0.6) is 0 Å². The van der Waals surface area contributed by atoms with Crippen molar-refractivity contribution in [2.24, 2.45) is 11.7 Å². The molecule has 14 heavy (non-hydrogen) atoms. The van der Waals surface area contributed by atoms with E-state index in [-0.39, 0.29) is 6.04 Å². The fourth-order valence-electron chi connectivity index (χ4n) is 1.64. The van der Waals surface area contributed by atoms with Crippen LogP contribution in [0.4, 0.5) is 0 Å². The van der Waals surface area contributed by atoms with E-state index in [1.807, 2.05) is 13.8 Å². The fraction of sp³-hybridized carbons (Fsp3) is 0.545. The van der Waals surface area contributed by atoms with Crippen LogP contribution in [0.25, 0.3) is 0 Å². The molecule has 2 N–H and O–H groups in total. The highest BCUT2D eigenvalue weighted by Gasteiger charge is 2.31. The van der Waals surface area contributed by atoms with Gasteiger partial charge in [0.25, 0.3) is 0 Å². The average Bonchev–Trinajstić information content (AvgIpc) is 2.93. The van der Waals surface area contributed by atoms with Crippen LogP contribution in [-0.4, -0.2) is 4.98 Å². The van der Waals surface area contributed by atoms with Gasteiger partial charge in [-0.15, -0.1) is 0 Å². The molecule has 0 spiro atoms. The molecule has 1 atom stereocenters. The normalized spacial score (nSPS) is 18.3. The minimum absolute atomic E-state index is 0.0781. The summed E-state index contributed by atoms with van der Waals surface area (Å²) in [5.41, 5.74) is 9.26. The van der Waals surface area contributed by atoms with E-state index in [9.17, 15) is 0 Å². The molecule has 0 aliphatic heterocycles. The molecule has 76 valence electrons. The number of nitrogens with two attached hydrogens (primary N) is 1. The summed E-state index contributed by atoms with van der Waals surface area (Å²) in [5.74, 6) is 0.622. The Balaban J connectivity index is 2.36. The van der Waals surface area contributed by atoms with Crippen LogP contribution in [0.3, 0.4) is 0 Å². The highest BCUT2D eigenvalue weighted by atomic mass is 35.5. The van der Waals surface area contributed by atoms with Crippen LogP contribution in [0, 0.1) is 19.8 Å². The Kier molecular flexibility index (Phi) is 2.50. The van der Waals surface area contributed by atoms with E-state index in [0.29, 0.717) is 11.1 Å². The molecule has 2 rings (SSSR count). The van der Waals surface area contributed by atoms with Crippen LogP contribution in [0.1, 0.15) is 35.7 Å². The van der Waals surface area contributed by atoms with Crippen LogP contribution in [0.15, 0.2) is 6.07 Å². The second-order valence-corrected chi connectivity index (χ2v) is 4.49. The van der Waals surface area contributed by atoms with Gasteiger partial charge < -0.3 is 5.73 Å². The summed E-state index contributed by atoms with van der Waals surface area (Å²) >= 11 is 6.08. The molecule has 0 unspecified atom stereocenters. The molecule has 1 heterocycles. The van der Waals surface area contributed by atoms with Crippen LogP contribution >= 0.6 is 11.6 Å². The fourth-order valence-corrected chi connectivity index (χ4v) is 1.95. The second kappa shape index (κ2) is 3.52. The van der Waals surface area contributed by atoms with Crippen LogP contribution in [-0.2, 0) is 0 Å². The minimum Gasteiger partial charge on any atom is -0.324 e. The van der Waals surface area contributed by atoms with Crippen molar-refractivity contribution in [2.75, 3.05) is 0 Å². The summed E-state index contributed by atoms with van der Waals surface area (Å²) in [6, 6.07) is 2.16. The number of hydrogen-bond acceptors (Lipinski definition) is 2. The number of nitrogens with zero attached hydrogens (tertiary/aromatic N) is 1. The Hall–Kier alpha value is -0.600. The SMILES string of the molecule is Cc1cc([C@H](N)C2CC2)c(Cl)nc1C. The summed E-state index contributed by atoms with van der Waals surface area (Å²) in [5, 5.41) is 0.576. The number of hydrogen-bond donors (Lipinski definition) is 1. The lowest BCUT2D eigenvalue weighted by molar-refractivity contribution is 0.630. The molecule has 3 heteroatoms. The molecule has 0 saturated heterocycles. The van der Waals surface area contributed by atoms with Crippen molar-refractivity contribution < 1.29 is 0 Å². The first-order valence-electron chi connectivity index (χ1n) is 4.99. The van der Waals surface area contributed by atoms with Gasteiger partial charge in [-0.05, 0) is 44.2 Å². The number of rotatable bonds is 2. The van der Waals surface area contributed by atoms with E-state index < -0.39 is 0 Å². The van der Waals surface area contributed by atoms with E-state index in [2.05, 4.69) is 11.1 Å². The van der Waals surface area contributed by atoms with Gasteiger partial charge in [0, 0.05) is 17.3 Å². The van der Waals surface area contributed by atoms with Crippen molar-refractivity contribution in [3.63, 3.8) is 0 Å². The molecular formula is C11H15ClN2. The topological polar surface area (TPSA) is 38.9 Å². The Morgan fingerprint density at radius 3 is 2.71 bits per heavy atom. The monoisotopic (exact) mass is 210 g/mol. The van der Waals surface area contributed by atoms with Gasteiger partial charge in [-0.25, -0.2) is 4.98 Å². The van der Waals surface area contributed by atoms with E-state index in [0.717, 1.165) is 11.3 Å². The molecule has 1 fully saturated rings. The third-order valence-corrected chi connectivity index (χ3v) is 3.24. The van der Waals surface area contributed by atoms with Gasteiger partial charge in [-0.3, -0.25) is 0 Å². The van der Waals surface area contributed by atoms with E-state index in [4.69, 9.17) is 17.3 Å². The Morgan fingerprint density at radius 1 is 1.50 bits per heavy atom. The first-order chi connectivity index (χ1) is 6.59. The van der Waals surface area contributed by atoms with Gasteiger partial charge in [-0.1, -0.05) is 11.6 Å². The predicted molar refractivity (Wildman–Crippen MR) is 58.4 cm³/mol. The van der Waals surface area contributed by atoms with Crippen molar-refractivity contribution in [1.29, 1.82) is 0 Å². The van der Waals surface area contributed by atoms with Gasteiger partial charge in [0.2, 0.25) is 0 Å². The molecule has 2 nitrogen and oxygen atoms in total. The molecule has 1 aromatic heterocycles. The van der Waals surface area contributed by atoms with Gasteiger partial charge in [0.15, 0.2) is 0 Å². The van der Waals surface area contributed by atoms with Crippen molar-refractivity contribution in [1.82, 2.24) is 4.98 Å². The van der Waals surface area contributed by atoms with Crippen LogP contribution in [0.2, 0.25) is 5.15 Å². The third-order valence-electron chi connectivity index (χ3n) is 2.94. The minimum atomic E-state index is 0.0781. The van der Waals surface area contributed by atoms with Gasteiger partial charge in [0.05, 0.1) is 0 Å². The Bertz CT molecular complexity index is 359. The smallest absolute Gasteiger partial charge is 0.134 e. The third kappa shape index (κ3) is 1.77. The lowest BCUT2D eigenvalue weighted by Gasteiger charge is -2.13. The van der Waals surface area contributed by atoms with E-state index >= 15 is 0 Å². The molecule has 0 amide bonds. The first kappa shape index (κ1) is 9.94. The molecule has 1 aliphatic rings. The van der Waals surface area contributed by atoms with E-state index in [1.165, 1.54) is 18.4 Å². The summed E-state index contributed by atoms with van der Waals surface area (Å²) < 4.78 is 0. The van der Waals surface area contributed by atoms with Gasteiger partial charge in [-0.2, -0.15) is 0 Å². The first-order valence-corrected chi connectivity index (χ1v) is 5.36. The van der Waals surface area contributed by atoms with Crippen molar-refractivity contribution in [3.8, 4) is 0 Å². The summed E-state index contributed by atoms with van der Waals surface area (Å²) in [6.45, 7) is 4.01. The Labute approximate surface area is 89.5 Å². The Morgan fingerprint density at radius 2 is 2.14 bits per heavy atom. The summed E-state index contributed by atoms with van der Waals surface area (Å²) in [4.78, 5) is 4.29. The maximum Gasteiger partial charge on any atom is 0.134 e. The maximum atomic E-state index is 6.10. The largest absolute Gasteiger partial charge is 0.324 e. The second-order valence-electron chi connectivity index (χ2n) is 4.13. The molecule has 1 aromatic rings. The molecule has 0 radical (unpaired) electrons. The molecular weight excluding hydrogens is 196 g/mol. The average molecular weight is 211 g/mol. The molecule has 1 saturated carbocycles. The van der Waals surface area contributed by atoms with Crippen LogP contribution < -0.4 is 5.73 Å². The van der Waals surface area contributed by atoms with Crippen molar-refractivity contribution in [2.45, 2.75) is 32.7 Å². The quantitative estimate of drug-likeness (QED) is 0.763. The van der Waals surface area contributed by atoms with Crippen molar-refractivity contribution in [3.05, 3.63) is 28.0 Å². The standard InChI is InChI=1S/C11H15ClN2/c1-6-5-9(10(13)8-3-4-8)11(12)14-7(6)2/h5,8,10H,3-4,13H2,1-2H3/t10-/m1/s1. The zero-order chi connectivity index (χ0) is 10.3. The molecule has 0 bridgehead atoms. The summed E-state index contributed by atoms with van der Waals surface area (Å²) in [6.07, 6.45) is 2.45. The highest BCUT2D eigenvalue weighted by molar-refractivity contribution is 6.30. The number of halogens is 1. The maximum absolute atomic E-state index is 6.10. The van der Waals surface area contributed by atoms with E-state index in [1.54, 1.807) is 0 Å².